The predicted molar refractivity (Wildman–Crippen MR) is 249 cm³/mol. The van der Waals surface area contributed by atoms with Crippen LogP contribution in [0.4, 0.5) is 28.4 Å². The number of aliphatic imine (C=N–C) groups is 6. The smallest absolute Gasteiger partial charge is 0.217 e. The topological polar surface area (TPSA) is 108 Å². The highest BCUT2D eigenvalue weighted by atomic mass is 16.1. The summed E-state index contributed by atoms with van der Waals surface area (Å²) in [6.45, 7) is 40.8. The summed E-state index contributed by atoms with van der Waals surface area (Å²) in [5.41, 5.74) is 14.1. The molecule has 0 aliphatic rings. The van der Waals surface area contributed by atoms with E-state index in [2.05, 4.69) is 172 Å². The molecule has 0 radical (unpaired) electrons. The summed E-state index contributed by atoms with van der Waals surface area (Å²) in [5.74, 6) is 1.24. The van der Waals surface area contributed by atoms with Crippen molar-refractivity contribution in [1.82, 2.24) is 0 Å². The Kier molecular flexibility index (Phi) is 17.2. The van der Waals surface area contributed by atoms with Gasteiger partial charge in [-0.15, -0.1) is 0 Å². The van der Waals surface area contributed by atoms with Crippen LogP contribution in [0.3, 0.4) is 0 Å². The molecule has 0 heterocycles. The van der Waals surface area contributed by atoms with E-state index in [9.17, 15) is 9.59 Å². The Morgan fingerprint density at radius 1 is 0.322 bits per heavy atom. The standard InChI is InChI=1S/C51H70N6O2/c1-27(2)37-20-38(28(3)4)47(56-25-58)43(33(13)14)46(37)36(19)52-23-53-48-39(29(5)6)21-40(30(7)8)49(44(48)34(15)16)54-24-55-50-41(31(9)10)22-42(32(11)12)51(57-26-59)45(50)35(17)18/h20-22,27-36H,1-19H3. The maximum absolute atomic E-state index is 11.7. The van der Waals surface area contributed by atoms with Crippen molar-refractivity contribution in [3.05, 3.63) is 73.8 Å². The number of hydrogen-bond acceptors (Lipinski definition) is 8. The molecule has 3 aromatic carbocycles. The predicted octanol–water partition coefficient (Wildman–Crippen LogP) is 16.4. The van der Waals surface area contributed by atoms with E-state index in [1.165, 1.54) is 5.56 Å². The first-order valence-corrected chi connectivity index (χ1v) is 21.7. The van der Waals surface area contributed by atoms with E-state index < -0.39 is 0 Å². The number of rotatable bonds is 16. The van der Waals surface area contributed by atoms with E-state index in [1.807, 2.05) is 6.08 Å². The molecule has 0 N–H and O–H groups in total. The summed E-state index contributed by atoms with van der Waals surface area (Å²) in [6, 6.07) is 12.5. The third-order valence-electron chi connectivity index (χ3n) is 11.1. The molecule has 3 rings (SSSR count). The van der Waals surface area contributed by atoms with Crippen LogP contribution < -0.4 is 0 Å². The summed E-state index contributed by atoms with van der Waals surface area (Å²) in [4.78, 5) is 52.0. The Hall–Kier alpha value is -4.82. The van der Waals surface area contributed by atoms with Crippen LogP contribution in [0.15, 0.2) is 48.2 Å². The summed E-state index contributed by atoms with van der Waals surface area (Å²) in [7, 11) is 0. The molecule has 8 heteroatoms. The minimum Gasteiger partial charge on any atom is -0.217 e. The molecular weight excluding hydrogens is 729 g/mol. The highest BCUT2D eigenvalue weighted by Gasteiger charge is 2.27. The molecule has 1 atom stereocenters. The normalized spacial score (nSPS) is 12.1. The van der Waals surface area contributed by atoms with Crippen LogP contribution in [0, 0.1) is 0 Å². The van der Waals surface area contributed by atoms with Gasteiger partial charge >= 0.3 is 0 Å². The molecule has 8 nitrogen and oxygen atoms in total. The molecule has 59 heavy (non-hydrogen) atoms. The van der Waals surface area contributed by atoms with Gasteiger partial charge in [0.2, 0.25) is 12.2 Å². The maximum atomic E-state index is 11.7. The van der Waals surface area contributed by atoms with E-state index in [0.29, 0.717) is 11.4 Å². The van der Waals surface area contributed by atoms with Crippen molar-refractivity contribution >= 4 is 52.6 Å². The quantitative estimate of drug-likeness (QED) is 0.106. The molecule has 3 aromatic rings. The zero-order valence-electron chi connectivity index (χ0n) is 39.5. The van der Waals surface area contributed by atoms with Gasteiger partial charge in [0.05, 0.1) is 40.5 Å². The highest BCUT2D eigenvalue weighted by molar-refractivity contribution is 5.78. The van der Waals surface area contributed by atoms with Gasteiger partial charge in [0.25, 0.3) is 0 Å². The van der Waals surface area contributed by atoms with Crippen molar-refractivity contribution < 1.29 is 9.59 Å². The second-order valence-corrected chi connectivity index (χ2v) is 18.7. The molecular formula is C51H70N6O2. The van der Waals surface area contributed by atoms with Crippen molar-refractivity contribution in [3.63, 3.8) is 0 Å². The first kappa shape index (κ1) is 48.5. The second kappa shape index (κ2) is 20.9. The van der Waals surface area contributed by atoms with Gasteiger partial charge in [-0.25, -0.2) is 14.6 Å². The maximum Gasteiger partial charge on any atom is 0.240 e. The lowest BCUT2D eigenvalue weighted by molar-refractivity contribution is 0.564. The lowest BCUT2D eigenvalue weighted by Gasteiger charge is -2.26. The van der Waals surface area contributed by atoms with Crippen LogP contribution in [0.2, 0.25) is 0 Å². The van der Waals surface area contributed by atoms with Gasteiger partial charge in [-0.1, -0.05) is 143 Å². The van der Waals surface area contributed by atoms with Crippen molar-refractivity contribution in [3.8, 4) is 0 Å². The monoisotopic (exact) mass is 799 g/mol. The third-order valence-corrected chi connectivity index (χ3v) is 11.1. The van der Waals surface area contributed by atoms with Crippen molar-refractivity contribution in [2.75, 3.05) is 0 Å². The van der Waals surface area contributed by atoms with E-state index in [1.54, 1.807) is 6.08 Å². The lowest BCUT2D eigenvalue weighted by atomic mass is 9.80. The average molecular weight is 799 g/mol. The number of benzene rings is 3. The van der Waals surface area contributed by atoms with Crippen LogP contribution in [-0.2, 0) is 9.59 Å². The van der Waals surface area contributed by atoms with Gasteiger partial charge in [-0.2, -0.15) is 25.0 Å². The van der Waals surface area contributed by atoms with Gasteiger partial charge in [-0.3, -0.25) is 0 Å². The molecule has 0 bridgehead atoms. The first-order chi connectivity index (χ1) is 27.6. The lowest BCUT2D eigenvalue weighted by Crippen LogP contribution is -2.09. The minimum absolute atomic E-state index is 0.0370. The summed E-state index contributed by atoms with van der Waals surface area (Å²) >= 11 is 0. The number of isocyanates is 2. The Bertz CT molecular complexity index is 2230. The van der Waals surface area contributed by atoms with Crippen LogP contribution in [-0.4, -0.2) is 24.2 Å². The van der Waals surface area contributed by atoms with E-state index in [0.717, 1.165) is 67.1 Å². The Labute approximate surface area is 355 Å². The van der Waals surface area contributed by atoms with E-state index in [-0.39, 0.29) is 59.3 Å². The molecule has 0 aromatic heterocycles. The zero-order valence-corrected chi connectivity index (χ0v) is 39.5. The molecule has 316 valence electrons. The van der Waals surface area contributed by atoms with Crippen LogP contribution >= 0.6 is 0 Å². The molecule has 1 unspecified atom stereocenters. The average Bonchev–Trinajstić information content (AvgIpc) is 3.13. The van der Waals surface area contributed by atoms with Gasteiger partial charge < -0.3 is 0 Å². The number of carbonyl (C=O) groups excluding carboxylic acids is 2. The number of nitrogens with zero attached hydrogens (tertiary/aromatic N) is 6. The zero-order chi connectivity index (χ0) is 44.6. The molecule has 0 spiro atoms. The minimum atomic E-state index is -0.305. The van der Waals surface area contributed by atoms with Gasteiger partial charge in [0.15, 0.2) is 0 Å². The van der Waals surface area contributed by atoms with Gasteiger partial charge in [0.1, 0.15) is 6.01 Å². The van der Waals surface area contributed by atoms with E-state index >= 15 is 0 Å². The van der Waals surface area contributed by atoms with Crippen molar-refractivity contribution in [2.24, 2.45) is 30.0 Å². The SMILES string of the molecule is CC(C)c1cc(C(C)C)c(N=C=Nc2c(C(C)C)cc(C(C)C)c(N=C=NC(C)c3c(C(C)C)cc(C(C)C)c(N=C=O)c3C(C)C)c2C(C)C)c(C(C)C)c1N=C=O. The molecule has 0 amide bonds. The van der Waals surface area contributed by atoms with Crippen molar-refractivity contribution in [1.29, 1.82) is 0 Å². The summed E-state index contributed by atoms with van der Waals surface area (Å²) in [5, 5.41) is 0. The Balaban J connectivity index is 2.47. The Morgan fingerprint density at radius 2 is 0.593 bits per heavy atom. The molecule has 0 aliphatic heterocycles. The largest absolute Gasteiger partial charge is 0.240 e. The summed E-state index contributed by atoms with van der Waals surface area (Å²) in [6.07, 6.45) is 3.63. The molecule has 0 fully saturated rings. The van der Waals surface area contributed by atoms with Gasteiger partial charge in [-0.05, 0) is 105 Å². The molecule has 0 saturated heterocycles. The van der Waals surface area contributed by atoms with Crippen LogP contribution in [0.1, 0.15) is 246 Å². The van der Waals surface area contributed by atoms with Crippen LogP contribution in [0.5, 0.6) is 0 Å². The van der Waals surface area contributed by atoms with Crippen molar-refractivity contribution in [2.45, 2.75) is 191 Å². The fourth-order valence-electron chi connectivity index (χ4n) is 8.10. The van der Waals surface area contributed by atoms with E-state index in [4.69, 9.17) is 20.0 Å². The Morgan fingerprint density at radius 3 is 0.881 bits per heavy atom. The molecule has 0 saturated carbocycles. The highest BCUT2D eigenvalue weighted by Crippen LogP contribution is 2.48. The van der Waals surface area contributed by atoms with Gasteiger partial charge in [0, 0.05) is 11.1 Å². The second-order valence-electron chi connectivity index (χ2n) is 18.7. The fourth-order valence-corrected chi connectivity index (χ4v) is 8.10. The fraction of sp³-hybridized carbons (Fsp3) is 0.569. The number of hydrogen-bond donors (Lipinski definition) is 0. The summed E-state index contributed by atoms with van der Waals surface area (Å²) < 4.78 is 0. The third kappa shape index (κ3) is 10.9. The molecule has 0 aliphatic carbocycles. The van der Waals surface area contributed by atoms with Crippen LogP contribution in [0.25, 0.3) is 0 Å². The first-order valence-electron chi connectivity index (χ1n) is 21.7.